The number of halogens is 1. The van der Waals surface area contributed by atoms with Crippen LogP contribution in [0.15, 0.2) is 30.5 Å². The van der Waals surface area contributed by atoms with Crippen molar-refractivity contribution in [1.82, 2.24) is 25.2 Å². The molecule has 0 saturated carbocycles. The van der Waals surface area contributed by atoms with Gasteiger partial charge in [0.05, 0.1) is 30.6 Å². The molecule has 0 aliphatic carbocycles. The van der Waals surface area contributed by atoms with Crippen molar-refractivity contribution in [2.45, 2.75) is 38.1 Å². The molecule has 2 aliphatic heterocycles. The molecule has 3 heterocycles. The molecular formula is C18H22ClN5O2. The predicted octanol–water partition coefficient (Wildman–Crippen LogP) is 1.78. The number of rotatable bonds is 5. The van der Waals surface area contributed by atoms with Crippen LogP contribution < -0.4 is 5.32 Å². The summed E-state index contributed by atoms with van der Waals surface area (Å²) in [5.41, 5.74) is 1.95. The summed E-state index contributed by atoms with van der Waals surface area (Å²) < 4.78 is 7.90. The zero-order chi connectivity index (χ0) is 17.9. The number of carbonyl (C=O) groups is 1. The third-order valence-electron chi connectivity index (χ3n) is 5.10. The van der Waals surface area contributed by atoms with Crippen LogP contribution in [0.2, 0.25) is 5.02 Å². The van der Waals surface area contributed by atoms with Crippen molar-refractivity contribution in [2.75, 3.05) is 19.6 Å². The lowest BCUT2D eigenvalue weighted by Crippen LogP contribution is -2.48. The number of hydrogen-bond donors (Lipinski definition) is 1. The van der Waals surface area contributed by atoms with Crippen molar-refractivity contribution in [2.24, 2.45) is 0 Å². The van der Waals surface area contributed by atoms with Gasteiger partial charge in [-0.3, -0.25) is 4.79 Å². The lowest BCUT2D eigenvalue weighted by Gasteiger charge is -2.40. The summed E-state index contributed by atoms with van der Waals surface area (Å²) in [6, 6.07) is 7.74. The molecule has 4 rings (SSSR count). The number of aromatic nitrogens is 3. The molecule has 1 amide bonds. The van der Waals surface area contributed by atoms with E-state index in [-0.39, 0.29) is 18.1 Å². The summed E-state index contributed by atoms with van der Waals surface area (Å²) in [7, 11) is 0. The van der Waals surface area contributed by atoms with E-state index in [2.05, 4.69) is 20.5 Å². The third kappa shape index (κ3) is 3.75. The Kier molecular flexibility index (Phi) is 5.19. The summed E-state index contributed by atoms with van der Waals surface area (Å²) in [5, 5.41) is 11.8. The van der Waals surface area contributed by atoms with Crippen LogP contribution in [0.5, 0.6) is 0 Å². The second-order valence-corrected chi connectivity index (χ2v) is 7.20. The number of likely N-dealkylation sites (tertiary alicyclic amines) is 1. The first kappa shape index (κ1) is 17.5. The fraction of sp³-hybridized carbons (Fsp3) is 0.500. The second-order valence-electron chi connectivity index (χ2n) is 6.79. The van der Waals surface area contributed by atoms with Crippen LogP contribution in [-0.4, -0.2) is 51.5 Å². The van der Waals surface area contributed by atoms with Crippen LogP contribution in [-0.2, 0) is 22.7 Å². The Morgan fingerprint density at radius 1 is 1.38 bits per heavy atom. The van der Waals surface area contributed by atoms with E-state index in [9.17, 15) is 4.79 Å². The van der Waals surface area contributed by atoms with Gasteiger partial charge in [-0.1, -0.05) is 35.0 Å². The maximum Gasteiger partial charge on any atom is 0.221 e. The number of benzene rings is 1. The molecule has 7 nitrogen and oxygen atoms in total. The Labute approximate surface area is 157 Å². The average Bonchev–Trinajstić information content (AvgIpc) is 3.15. The Morgan fingerprint density at radius 3 is 3.15 bits per heavy atom. The summed E-state index contributed by atoms with van der Waals surface area (Å²) in [5.74, 6) is 0.0355. The van der Waals surface area contributed by atoms with E-state index in [1.807, 2.05) is 28.9 Å². The first-order valence-electron chi connectivity index (χ1n) is 8.94. The molecule has 0 spiro atoms. The van der Waals surface area contributed by atoms with Gasteiger partial charge in [0, 0.05) is 37.6 Å². The SMILES string of the molecule is O=C(CCN1CC[C@@H]2OCc3cnnn3[C@@H]2C1)NCc1ccccc1Cl. The van der Waals surface area contributed by atoms with Gasteiger partial charge in [0.25, 0.3) is 0 Å². The maximum absolute atomic E-state index is 12.2. The third-order valence-corrected chi connectivity index (χ3v) is 5.47. The predicted molar refractivity (Wildman–Crippen MR) is 96.6 cm³/mol. The van der Waals surface area contributed by atoms with Gasteiger partial charge in [-0.25, -0.2) is 4.68 Å². The molecule has 0 bridgehead atoms. The monoisotopic (exact) mass is 375 g/mol. The van der Waals surface area contributed by atoms with Crippen LogP contribution in [0.25, 0.3) is 0 Å². The molecule has 2 aliphatic rings. The maximum atomic E-state index is 12.2. The number of nitrogens with one attached hydrogen (secondary N) is 1. The quantitative estimate of drug-likeness (QED) is 0.862. The van der Waals surface area contributed by atoms with E-state index in [0.717, 1.165) is 37.3 Å². The van der Waals surface area contributed by atoms with E-state index in [1.54, 1.807) is 6.20 Å². The summed E-state index contributed by atoms with van der Waals surface area (Å²) in [6.07, 6.45) is 3.37. The van der Waals surface area contributed by atoms with Crippen molar-refractivity contribution in [3.05, 3.63) is 46.7 Å². The minimum atomic E-state index is 0.0355. The highest BCUT2D eigenvalue weighted by Crippen LogP contribution is 2.29. The van der Waals surface area contributed by atoms with Gasteiger partial charge in [0.15, 0.2) is 0 Å². The summed E-state index contributed by atoms with van der Waals surface area (Å²) >= 11 is 6.12. The van der Waals surface area contributed by atoms with Crippen LogP contribution >= 0.6 is 11.6 Å². The minimum absolute atomic E-state index is 0.0355. The smallest absolute Gasteiger partial charge is 0.221 e. The number of nitrogens with zero attached hydrogens (tertiary/aromatic N) is 4. The Hall–Kier alpha value is -1.96. The van der Waals surface area contributed by atoms with Crippen molar-refractivity contribution in [1.29, 1.82) is 0 Å². The highest BCUT2D eigenvalue weighted by Gasteiger charge is 2.36. The molecule has 1 fully saturated rings. The molecule has 1 saturated heterocycles. The lowest BCUT2D eigenvalue weighted by molar-refractivity contribution is -0.122. The Morgan fingerprint density at radius 2 is 2.27 bits per heavy atom. The topological polar surface area (TPSA) is 72.3 Å². The number of fused-ring (bicyclic) bond motifs is 3. The number of carbonyl (C=O) groups excluding carboxylic acids is 1. The zero-order valence-electron chi connectivity index (χ0n) is 14.5. The summed E-state index contributed by atoms with van der Waals surface area (Å²) in [6.45, 7) is 3.53. The van der Waals surface area contributed by atoms with E-state index in [4.69, 9.17) is 16.3 Å². The molecule has 2 atom stereocenters. The molecule has 0 radical (unpaired) electrons. The van der Waals surface area contributed by atoms with E-state index in [1.165, 1.54) is 0 Å². The van der Waals surface area contributed by atoms with E-state index >= 15 is 0 Å². The minimum Gasteiger partial charge on any atom is -0.370 e. The zero-order valence-corrected chi connectivity index (χ0v) is 15.2. The molecule has 26 heavy (non-hydrogen) atoms. The van der Waals surface area contributed by atoms with Crippen molar-refractivity contribution < 1.29 is 9.53 Å². The fourth-order valence-electron chi connectivity index (χ4n) is 3.63. The van der Waals surface area contributed by atoms with Gasteiger partial charge in [-0.15, -0.1) is 5.10 Å². The number of hydrogen-bond acceptors (Lipinski definition) is 5. The normalized spacial score (nSPS) is 22.5. The van der Waals surface area contributed by atoms with Gasteiger partial charge in [0.1, 0.15) is 0 Å². The lowest BCUT2D eigenvalue weighted by atomic mass is 10.0. The molecule has 1 N–H and O–H groups in total. The van der Waals surface area contributed by atoms with Gasteiger partial charge < -0.3 is 15.0 Å². The Balaban J connectivity index is 1.26. The van der Waals surface area contributed by atoms with Crippen LogP contribution in [0.1, 0.15) is 30.1 Å². The van der Waals surface area contributed by atoms with Gasteiger partial charge in [0.2, 0.25) is 5.91 Å². The molecule has 138 valence electrons. The van der Waals surface area contributed by atoms with E-state index < -0.39 is 0 Å². The highest BCUT2D eigenvalue weighted by atomic mass is 35.5. The van der Waals surface area contributed by atoms with Crippen molar-refractivity contribution in [3.63, 3.8) is 0 Å². The van der Waals surface area contributed by atoms with E-state index in [0.29, 0.717) is 24.6 Å². The molecule has 0 unspecified atom stereocenters. The van der Waals surface area contributed by atoms with Crippen LogP contribution in [0.4, 0.5) is 0 Å². The molecule has 2 aromatic rings. The molecule has 8 heteroatoms. The van der Waals surface area contributed by atoms with Crippen LogP contribution in [0, 0.1) is 0 Å². The second kappa shape index (κ2) is 7.73. The molecule has 1 aromatic carbocycles. The van der Waals surface area contributed by atoms with Crippen molar-refractivity contribution >= 4 is 17.5 Å². The summed E-state index contributed by atoms with van der Waals surface area (Å²) in [4.78, 5) is 14.5. The number of ether oxygens (including phenoxy) is 1. The van der Waals surface area contributed by atoms with Crippen LogP contribution in [0.3, 0.4) is 0 Å². The van der Waals surface area contributed by atoms with Gasteiger partial charge in [-0.2, -0.15) is 0 Å². The van der Waals surface area contributed by atoms with Gasteiger partial charge >= 0.3 is 0 Å². The first-order chi connectivity index (χ1) is 12.7. The van der Waals surface area contributed by atoms with Crippen molar-refractivity contribution in [3.8, 4) is 0 Å². The number of amides is 1. The first-order valence-corrected chi connectivity index (χ1v) is 9.31. The highest BCUT2D eigenvalue weighted by molar-refractivity contribution is 6.31. The molecule has 1 aromatic heterocycles. The average molecular weight is 376 g/mol. The number of piperidine rings is 1. The Bertz CT molecular complexity index is 780. The fourth-order valence-corrected chi connectivity index (χ4v) is 3.83. The molecular weight excluding hydrogens is 354 g/mol. The largest absolute Gasteiger partial charge is 0.370 e. The standard InChI is InChI=1S/C18H22ClN5O2/c19-15-4-2-1-3-13(15)9-20-18(25)6-8-23-7-5-17-16(11-23)24-14(12-26-17)10-21-22-24/h1-4,10,16-17H,5-9,11-12H2,(H,20,25)/t16-,17+/m1/s1. The van der Waals surface area contributed by atoms with Gasteiger partial charge in [-0.05, 0) is 18.1 Å².